The summed E-state index contributed by atoms with van der Waals surface area (Å²) in [5.41, 5.74) is 6.34. The van der Waals surface area contributed by atoms with Gasteiger partial charge >= 0.3 is 0 Å². The van der Waals surface area contributed by atoms with E-state index in [1.54, 1.807) is 0 Å². The maximum Gasteiger partial charge on any atom is 0.0831 e. The van der Waals surface area contributed by atoms with Crippen LogP contribution in [-0.2, 0) is 4.74 Å². The minimum Gasteiger partial charge on any atom is -0.377 e. The molecule has 2 rings (SSSR count). The molecule has 2 fully saturated rings. The molecule has 2 nitrogen and oxygen atoms in total. The Labute approximate surface area is 87.2 Å². The van der Waals surface area contributed by atoms with Gasteiger partial charge in [-0.15, -0.1) is 0 Å². The van der Waals surface area contributed by atoms with E-state index in [1.807, 2.05) is 7.11 Å². The van der Waals surface area contributed by atoms with Gasteiger partial charge in [-0.25, -0.2) is 0 Å². The summed E-state index contributed by atoms with van der Waals surface area (Å²) in [4.78, 5) is 0. The van der Waals surface area contributed by atoms with Crippen LogP contribution in [0.3, 0.4) is 0 Å². The Bertz CT molecular complexity index is 192. The maximum absolute atomic E-state index is 6.32. The van der Waals surface area contributed by atoms with E-state index in [-0.39, 0.29) is 5.60 Å². The van der Waals surface area contributed by atoms with Gasteiger partial charge in [0.15, 0.2) is 0 Å². The first-order valence-corrected chi connectivity index (χ1v) is 5.99. The summed E-state index contributed by atoms with van der Waals surface area (Å²) >= 11 is 0. The normalized spacial score (nSPS) is 40.9. The van der Waals surface area contributed by atoms with Gasteiger partial charge in [-0.1, -0.05) is 6.92 Å². The fourth-order valence-corrected chi connectivity index (χ4v) is 2.81. The van der Waals surface area contributed by atoms with Crippen molar-refractivity contribution >= 4 is 0 Å². The van der Waals surface area contributed by atoms with Gasteiger partial charge in [-0.3, -0.25) is 0 Å². The predicted octanol–water partition coefficient (Wildman–Crippen LogP) is 2.32. The molecular formula is C12H23NO. The third kappa shape index (κ3) is 1.82. The first-order chi connectivity index (χ1) is 6.68. The van der Waals surface area contributed by atoms with Gasteiger partial charge in [0.25, 0.3) is 0 Å². The third-order valence-electron chi connectivity index (χ3n) is 4.26. The maximum atomic E-state index is 6.32. The summed E-state index contributed by atoms with van der Waals surface area (Å²) in [5.74, 6) is 1.62. The lowest BCUT2D eigenvalue weighted by atomic mass is 9.74. The van der Waals surface area contributed by atoms with Crippen molar-refractivity contribution in [2.45, 2.75) is 57.1 Å². The van der Waals surface area contributed by atoms with Crippen molar-refractivity contribution in [1.29, 1.82) is 0 Å². The van der Waals surface area contributed by atoms with Crippen molar-refractivity contribution in [1.82, 2.24) is 0 Å². The van der Waals surface area contributed by atoms with E-state index in [0.717, 1.165) is 11.8 Å². The van der Waals surface area contributed by atoms with E-state index >= 15 is 0 Å². The number of ether oxygens (including phenoxy) is 1. The van der Waals surface area contributed by atoms with Crippen molar-refractivity contribution in [3.63, 3.8) is 0 Å². The average molecular weight is 197 g/mol. The average Bonchev–Trinajstić information content (AvgIpc) is 3.02. The van der Waals surface area contributed by atoms with Crippen LogP contribution in [0.25, 0.3) is 0 Å². The van der Waals surface area contributed by atoms with Crippen LogP contribution in [0.15, 0.2) is 0 Å². The lowest BCUT2D eigenvalue weighted by Gasteiger charge is -2.42. The number of hydrogen-bond donors (Lipinski definition) is 1. The molecule has 0 amide bonds. The molecule has 1 atom stereocenters. The molecule has 0 aromatic carbocycles. The van der Waals surface area contributed by atoms with Crippen LogP contribution in [-0.4, -0.2) is 18.8 Å². The molecule has 0 bridgehead atoms. The Morgan fingerprint density at radius 1 is 1.21 bits per heavy atom. The van der Waals surface area contributed by atoms with Crippen LogP contribution < -0.4 is 5.73 Å². The third-order valence-corrected chi connectivity index (χ3v) is 4.26. The van der Waals surface area contributed by atoms with Gasteiger partial charge in [0.05, 0.1) is 5.60 Å². The monoisotopic (exact) mass is 197 g/mol. The summed E-state index contributed by atoms with van der Waals surface area (Å²) in [6, 6.07) is 0.292. The second-order valence-corrected chi connectivity index (χ2v) is 5.31. The highest BCUT2D eigenvalue weighted by Crippen LogP contribution is 2.44. The molecule has 2 aliphatic carbocycles. The standard InChI is InChI=1S/C12H23NO/c1-9-5-7-12(14-2,8-6-9)11(13)10-3-4-10/h9-11H,3-8,13H2,1-2H3. The van der Waals surface area contributed by atoms with Crippen molar-refractivity contribution in [2.24, 2.45) is 17.6 Å². The Morgan fingerprint density at radius 2 is 1.79 bits per heavy atom. The predicted molar refractivity (Wildman–Crippen MR) is 58.1 cm³/mol. The Morgan fingerprint density at radius 3 is 2.21 bits per heavy atom. The van der Waals surface area contributed by atoms with E-state index in [0.29, 0.717) is 6.04 Å². The zero-order valence-corrected chi connectivity index (χ0v) is 9.46. The van der Waals surface area contributed by atoms with Crippen LogP contribution >= 0.6 is 0 Å². The molecule has 2 heteroatoms. The van der Waals surface area contributed by atoms with Crippen LogP contribution in [0.1, 0.15) is 45.4 Å². The van der Waals surface area contributed by atoms with Gasteiger partial charge in [0, 0.05) is 13.2 Å². The van der Waals surface area contributed by atoms with E-state index in [1.165, 1.54) is 38.5 Å². The first kappa shape index (κ1) is 10.4. The summed E-state index contributed by atoms with van der Waals surface area (Å²) in [6.07, 6.45) is 7.55. The molecule has 82 valence electrons. The van der Waals surface area contributed by atoms with Crippen LogP contribution in [0.2, 0.25) is 0 Å². The van der Waals surface area contributed by atoms with E-state index in [9.17, 15) is 0 Å². The van der Waals surface area contributed by atoms with Crippen molar-refractivity contribution < 1.29 is 4.74 Å². The highest BCUT2D eigenvalue weighted by molar-refractivity contribution is 5.01. The van der Waals surface area contributed by atoms with Crippen molar-refractivity contribution in [3.8, 4) is 0 Å². The topological polar surface area (TPSA) is 35.2 Å². The van der Waals surface area contributed by atoms with E-state index < -0.39 is 0 Å². The van der Waals surface area contributed by atoms with E-state index in [4.69, 9.17) is 10.5 Å². The largest absolute Gasteiger partial charge is 0.377 e. The van der Waals surface area contributed by atoms with Crippen LogP contribution in [0.5, 0.6) is 0 Å². The quantitative estimate of drug-likeness (QED) is 0.753. The Kier molecular flexibility index (Phi) is 2.85. The highest BCUT2D eigenvalue weighted by Gasteiger charge is 2.46. The van der Waals surface area contributed by atoms with Gasteiger partial charge in [-0.05, 0) is 50.4 Å². The second-order valence-electron chi connectivity index (χ2n) is 5.31. The molecule has 0 aliphatic heterocycles. The Balaban J connectivity index is 2.01. The lowest BCUT2D eigenvalue weighted by Crippen LogP contribution is -2.52. The fourth-order valence-electron chi connectivity index (χ4n) is 2.81. The molecule has 0 aromatic rings. The lowest BCUT2D eigenvalue weighted by molar-refractivity contribution is -0.0707. The first-order valence-electron chi connectivity index (χ1n) is 5.99. The second kappa shape index (κ2) is 3.82. The van der Waals surface area contributed by atoms with Gasteiger partial charge in [0.2, 0.25) is 0 Å². The molecule has 0 saturated heterocycles. The smallest absolute Gasteiger partial charge is 0.0831 e. The SMILES string of the molecule is COC1(C(N)C2CC2)CCC(C)CC1. The summed E-state index contributed by atoms with van der Waals surface area (Å²) in [6.45, 7) is 2.34. The summed E-state index contributed by atoms with van der Waals surface area (Å²) < 4.78 is 5.77. The summed E-state index contributed by atoms with van der Waals surface area (Å²) in [5, 5.41) is 0. The fraction of sp³-hybridized carbons (Fsp3) is 1.00. The van der Waals surface area contributed by atoms with Gasteiger partial charge in [0.1, 0.15) is 0 Å². The summed E-state index contributed by atoms with van der Waals surface area (Å²) in [7, 11) is 1.85. The van der Waals surface area contributed by atoms with Crippen molar-refractivity contribution in [3.05, 3.63) is 0 Å². The number of nitrogens with two attached hydrogens (primary N) is 1. The molecule has 0 heterocycles. The molecule has 1 unspecified atom stereocenters. The molecular weight excluding hydrogens is 174 g/mol. The molecule has 0 radical (unpaired) electrons. The molecule has 14 heavy (non-hydrogen) atoms. The molecule has 2 aliphatic rings. The number of hydrogen-bond acceptors (Lipinski definition) is 2. The Hall–Kier alpha value is -0.0800. The zero-order valence-electron chi connectivity index (χ0n) is 9.46. The number of methoxy groups -OCH3 is 1. The zero-order chi connectivity index (χ0) is 10.2. The van der Waals surface area contributed by atoms with Crippen LogP contribution in [0, 0.1) is 11.8 Å². The number of rotatable bonds is 3. The van der Waals surface area contributed by atoms with Crippen molar-refractivity contribution in [2.75, 3.05) is 7.11 Å². The highest BCUT2D eigenvalue weighted by atomic mass is 16.5. The minimum absolute atomic E-state index is 0.0215. The van der Waals surface area contributed by atoms with E-state index in [2.05, 4.69) is 6.92 Å². The minimum atomic E-state index is 0.0215. The molecule has 2 N–H and O–H groups in total. The molecule has 0 aromatic heterocycles. The van der Waals surface area contributed by atoms with Gasteiger partial charge in [-0.2, -0.15) is 0 Å². The van der Waals surface area contributed by atoms with Crippen LogP contribution in [0.4, 0.5) is 0 Å². The molecule has 2 saturated carbocycles. The molecule has 0 spiro atoms. The van der Waals surface area contributed by atoms with Gasteiger partial charge < -0.3 is 10.5 Å².